The van der Waals surface area contributed by atoms with Crippen molar-refractivity contribution in [3.05, 3.63) is 46.8 Å². The van der Waals surface area contributed by atoms with E-state index in [1.807, 2.05) is 18.2 Å². The first-order valence-corrected chi connectivity index (χ1v) is 8.19. The van der Waals surface area contributed by atoms with Crippen LogP contribution in [0.5, 0.6) is 5.75 Å². The summed E-state index contributed by atoms with van der Waals surface area (Å²) in [6.45, 7) is 4.69. The molecular formula is C18H21N3O4. The maximum Gasteiger partial charge on any atom is 0.353 e. The normalized spacial score (nSPS) is 16.6. The number of hydrogen-bond donors (Lipinski definition) is 2. The van der Waals surface area contributed by atoms with Crippen molar-refractivity contribution in [2.45, 2.75) is 26.3 Å². The van der Waals surface area contributed by atoms with E-state index in [1.165, 1.54) is 11.6 Å². The number of carboxylic acids is 1. The molecule has 1 unspecified atom stereocenters. The second-order valence-corrected chi connectivity index (χ2v) is 6.47. The van der Waals surface area contributed by atoms with Crippen molar-refractivity contribution < 1.29 is 19.4 Å². The van der Waals surface area contributed by atoms with E-state index in [0.717, 1.165) is 17.7 Å². The number of hydrogen-bond acceptors (Lipinski definition) is 4. The molecule has 1 aromatic heterocycles. The Morgan fingerprint density at radius 2 is 2.12 bits per heavy atom. The number of carbonyl (C=O) groups excluding carboxylic acids is 1. The number of rotatable bonds is 4. The smallest absolute Gasteiger partial charge is 0.353 e. The predicted molar refractivity (Wildman–Crippen MR) is 90.9 cm³/mol. The highest BCUT2D eigenvalue weighted by molar-refractivity contribution is 5.95. The lowest BCUT2D eigenvalue weighted by molar-refractivity contribution is 0.0597. The summed E-state index contributed by atoms with van der Waals surface area (Å²) < 4.78 is 5.29. The van der Waals surface area contributed by atoms with Crippen LogP contribution in [-0.4, -0.2) is 45.7 Å². The molecule has 0 saturated heterocycles. The lowest BCUT2D eigenvalue weighted by Crippen LogP contribution is -2.42. The molecule has 1 aromatic carbocycles. The Hall–Kier alpha value is -2.83. The Balaban J connectivity index is 1.95. The molecule has 7 heteroatoms. The maximum atomic E-state index is 12.9. The molecule has 1 amide bonds. The monoisotopic (exact) mass is 343 g/mol. The third kappa shape index (κ3) is 3.09. The summed E-state index contributed by atoms with van der Waals surface area (Å²) in [7, 11) is 1.64. The summed E-state index contributed by atoms with van der Waals surface area (Å²) in [5, 5.41) is 15.3. The zero-order valence-corrected chi connectivity index (χ0v) is 14.4. The Morgan fingerprint density at radius 1 is 1.36 bits per heavy atom. The zero-order chi connectivity index (χ0) is 18.1. The number of aromatic nitrogens is 2. The fraction of sp³-hybridized carbons (Fsp3) is 0.389. The quantitative estimate of drug-likeness (QED) is 0.889. The molecule has 1 aliphatic heterocycles. The largest absolute Gasteiger partial charge is 0.497 e. The minimum absolute atomic E-state index is 0.0906. The topological polar surface area (TPSA) is 95.5 Å². The molecule has 0 aliphatic carbocycles. The Kier molecular flexibility index (Phi) is 4.48. The van der Waals surface area contributed by atoms with Crippen molar-refractivity contribution in [2.75, 3.05) is 13.7 Å². The second-order valence-electron chi connectivity index (χ2n) is 6.47. The van der Waals surface area contributed by atoms with E-state index in [9.17, 15) is 9.59 Å². The minimum atomic E-state index is -1.14. The van der Waals surface area contributed by atoms with E-state index in [1.54, 1.807) is 12.0 Å². The van der Waals surface area contributed by atoms with Gasteiger partial charge >= 0.3 is 5.97 Å². The molecule has 0 radical (unpaired) electrons. The first kappa shape index (κ1) is 17.0. The van der Waals surface area contributed by atoms with Gasteiger partial charge in [-0.15, -0.1) is 0 Å². The van der Waals surface area contributed by atoms with Crippen molar-refractivity contribution in [1.82, 2.24) is 15.1 Å². The van der Waals surface area contributed by atoms with Crippen LogP contribution in [0.25, 0.3) is 0 Å². The van der Waals surface area contributed by atoms with Crippen molar-refractivity contribution in [3.63, 3.8) is 0 Å². The van der Waals surface area contributed by atoms with E-state index in [0.29, 0.717) is 6.54 Å². The number of nitrogens with one attached hydrogen (secondary N) is 1. The molecule has 0 fully saturated rings. The van der Waals surface area contributed by atoms with Gasteiger partial charge in [0.05, 0.1) is 13.2 Å². The Labute approximate surface area is 145 Å². The summed E-state index contributed by atoms with van der Waals surface area (Å²) in [6, 6.07) is 7.12. The summed E-state index contributed by atoms with van der Waals surface area (Å²) in [5.74, 6) is -0.388. The van der Waals surface area contributed by atoms with Gasteiger partial charge in [-0.2, -0.15) is 5.10 Å². The molecule has 1 atom stereocenters. The van der Waals surface area contributed by atoms with Crippen LogP contribution in [0, 0.1) is 5.92 Å². The van der Waals surface area contributed by atoms with Gasteiger partial charge in [0, 0.05) is 12.6 Å². The van der Waals surface area contributed by atoms with Crippen LogP contribution in [-0.2, 0) is 6.42 Å². The average molecular weight is 343 g/mol. The highest BCUT2D eigenvalue weighted by Crippen LogP contribution is 2.37. The van der Waals surface area contributed by atoms with Crippen LogP contribution < -0.4 is 4.74 Å². The number of carbonyl (C=O) groups is 2. The predicted octanol–water partition coefficient (Wildman–Crippen LogP) is 2.51. The van der Waals surface area contributed by atoms with E-state index in [-0.39, 0.29) is 29.3 Å². The molecule has 2 aromatic rings. The number of methoxy groups -OCH3 is 1. The van der Waals surface area contributed by atoms with Crippen molar-refractivity contribution in [3.8, 4) is 5.75 Å². The van der Waals surface area contributed by atoms with Gasteiger partial charge in [0.25, 0.3) is 5.91 Å². The third-order valence-electron chi connectivity index (χ3n) is 4.55. The zero-order valence-electron chi connectivity index (χ0n) is 14.4. The average Bonchev–Trinajstić information content (AvgIpc) is 3.09. The molecule has 0 bridgehead atoms. The first-order valence-electron chi connectivity index (χ1n) is 8.19. The van der Waals surface area contributed by atoms with Gasteiger partial charge in [-0.3, -0.25) is 9.89 Å². The van der Waals surface area contributed by atoms with Crippen LogP contribution in [0.3, 0.4) is 0 Å². The van der Waals surface area contributed by atoms with E-state index in [2.05, 4.69) is 24.0 Å². The fourth-order valence-electron chi connectivity index (χ4n) is 3.40. The molecule has 132 valence electrons. The summed E-state index contributed by atoms with van der Waals surface area (Å²) in [5.41, 5.74) is 2.31. The Bertz CT molecular complexity index is 812. The highest BCUT2D eigenvalue weighted by atomic mass is 16.5. The van der Waals surface area contributed by atoms with E-state index < -0.39 is 5.97 Å². The molecule has 0 saturated carbocycles. The van der Waals surface area contributed by atoms with Crippen molar-refractivity contribution >= 4 is 11.9 Å². The Morgan fingerprint density at radius 3 is 2.72 bits per heavy atom. The molecule has 3 rings (SSSR count). The van der Waals surface area contributed by atoms with Gasteiger partial charge in [0.15, 0.2) is 5.69 Å². The number of ether oxygens (including phenoxy) is 1. The summed E-state index contributed by atoms with van der Waals surface area (Å²) >= 11 is 0. The minimum Gasteiger partial charge on any atom is -0.497 e. The SMILES string of the molecule is COc1ccc2c(c1)CCN(C(=O)c1cc(C(=O)O)[nH]n1)C2C(C)C. The number of carboxylic acid groups (broad SMARTS) is 1. The van der Waals surface area contributed by atoms with E-state index in [4.69, 9.17) is 9.84 Å². The van der Waals surface area contributed by atoms with Crippen LogP contribution in [0.1, 0.15) is 52.0 Å². The maximum absolute atomic E-state index is 12.9. The first-order chi connectivity index (χ1) is 11.9. The standard InChI is InChI=1S/C18H21N3O4/c1-10(2)16-13-5-4-12(25-3)8-11(13)6-7-21(16)17(22)14-9-15(18(23)24)20-19-14/h4-5,8-10,16H,6-7H2,1-3H3,(H,19,20)(H,23,24). The van der Waals surface area contributed by atoms with Gasteiger partial charge in [-0.25, -0.2) is 4.79 Å². The van der Waals surface area contributed by atoms with Gasteiger partial charge in [0.2, 0.25) is 0 Å². The molecule has 2 heterocycles. The molecular weight excluding hydrogens is 322 g/mol. The van der Waals surface area contributed by atoms with Crippen LogP contribution in [0.15, 0.2) is 24.3 Å². The van der Waals surface area contributed by atoms with Gasteiger partial charge < -0.3 is 14.7 Å². The molecule has 7 nitrogen and oxygen atoms in total. The van der Waals surface area contributed by atoms with Crippen LogP contribution >= 0.6 is 0 Å². The molecule has 1 aliphatic rings. The number of nitrogens with zero attached hydrogens (tertiary/aromatic N) is 2. The summed E-state index contributed by atoms with van der Waals surface area (Å²) in [6.07, 6.45) is 0.720. The van der Waals surface area contributed by atoms with Gasteiger partial charge in [0.1, 0.15) is 11.4 Å². The fourth-order valence-corrected chi connectivity index (χ4v) is 3.40. The van der Waals surface area contributed by atoms with Gasteiger partial charge in [-0.1, -0.05) is 19.9 Å². The van der Waals surface area contributed by atoms with Crippen molar-refractivity contribution in [1.29, 1.82) is 0 Å². The number of fused-ring (bicyclic) bond motifs is 1. The molecule has 25 heavy (non-hydrogen) atoms. The number of H-pyrrole nitrogens is 1. The van der Waals surface area contributed by atoms with Crippen LogP contribution in [0.2, 0.25) is 0 Å². The third-order valence-corrected chi connectivity index (χ3v) is 4.55. The number of amides is 1. The second kappa shape index (κ2) is 6.58. The lowest BCUT2D eigenvalue weighted by atomic mass is 9.86. The summed E-state index contributed by atoms with van der Waals surface area (Å²) in [4.78, 5) is 25.7. The van der Waals surface area contributed by atoms with Crippen LogP contribution in [0.4, 0.5) is 0 Å². The lowest BCUT2D eigenvalue weighted by Gasteiger charge is -2.39. The molecule has 0 spiro atoms. The molecule has 2 N–H and O–H groups in total. The van der Waals surface area contributed by atoms with Crippen molar-refractivity contribution in [2.24, 2.45) is 5.92 Å². The highest BCUT2D eigenvalue weighted by Gasteiger charge is 2.34. The number of aromatic carboxylic acids is 1. The van der Waals surface area contributed by atoms with Gasteiger partial charge in [-0.05, 0) is 35.6 Å². The number of aromatic amines is 1. The van der Waals surface area contributed by atoms with E-state index >= 15 is 0 Å². The number of benzene rings is 1.